The molecule has 0 N–H and O–H groups in total. The number of ether oxygens (including phenoxy) is 2. The van der Waals surface area contributed by atoms with Gasteiger partial charge in [-0.15, -0.1) is 0 Å². The van der Waals surface area contributed by atoms with E-state index in [-0.39, 0.29) is 0 Å². The molecule has 6 heteroatoms. The standard InChI is InChI=1S/C12H17F3O3/c1-6-9(12(13,14)15)11(17-4)8(5-16)7(2)18-10(6,11)3/h5-9H,1-4H3. The molecule has 2 aliphatic rings. The average molecular weight is 266 g/mol. The largest absolute Gasteiger partial charge is 0.395 e. The van der Waals surface area contributed by atoms with Crippen molar-refractivity contribution in [1.82, 2.24) is 0 Å². The normalized spacial score (nSPS) is 51.7. The van der Waals surface area contributed by atoms with Gasteiger partial charge in [0.05, 0.1) is 23.5 Å². The van der Waals surface area contributed by atoms with Crippen LogP contribution < -0.4 is 0 Å². The van der Waals surface area contributed by atoms with Crippen molar-refractivity contribution in [2.24, 2.45) is 17.8 Å². The Morgan fingerprint density at radius 3 is 2.28 bits per heavy atom. The third kappa shape index (κ3) is 1.25. The Kier molecular flexibility index (Phi) is 2.83. The monoisotopic (exact) mass is 266 g/mol. The van der Waals surface area contributed by atoms with Crippen LogP contribution in [-0.2, 0) is 14.3 Å². The van der Waals surface area contributed by atoms with Crippen LogP contribution in [-0.4, -0.2) is 36.9 Å². The Bertz CT molecular complexity index is 370. The van der Waals surface area contributed by atoms with Crippen LogP contribution in [0.15, 0.2) is 0 Å². The van der Waals surface area contributed by atoms with Crippen LogP contribution in [0.5, 0.6) is 0 Å². The van der Waals surface area contributed by atoms with Crippen molar-refractivity contribution in [3.63, 3.8) is 0 Å². The van der Waals surface area contributed by atoms with E-state index >= 15 is 0 Å². The van der Waals surface area contributed by atoms with Gasteiger partial charge < -0.3 is 14.3 Å². The molecular formula is C12H17F3O3. The highest BCUT2D eigenvalue weighted by atomic mass is 19.4. The van der Waals surface area contributed by atoms with Crippen molar-refractivity contribution in [3.8, 4) is 0 Å². The number of carbonyl (C=O) groups is 1. The molecule has 0 bridgehead atoms. The second-order valence-corrected chi connectivity index (χ2v) is 5.40. The number of alkyl halides is 3. The maximum atomic E-state index is 13.2. The fraction of sp³-hybridized carbons (Fsp3) is 0.917. The van der Waals surface area contributed by atoms with Crippen molar-refractivity contribution in [1.29, 1.82) is 0 Å². The molecule has 2 fully saturated rings. The molecule has 6 unspecified atom stereocenters. The van der Waals surface area contributed by atoms with Gasteiger partial charge in [-0.05, 0) is 13.8 Å². The van der Waals surface area contributed by atoms with Crippen LogP contribution in [0.25, 0.3) is 0 Å². The van der Waals surface area contributed by atoms with E-state index in [1.54, 1.807) is 13.8 Å². The van der Waals surface area contributed by atoms with Crippen LogP contribution in [0, 0.1) is 17.8 Å². The van der Waals surface area contributed by atoms with Gasteiger partial charge in [0.15, 0.2) is 0 Å². The van der Waals surface area contributed by atoms with Gasteiger partial charge in [-0.25, -0.2) is 0 Å². The minimum absolute atomic E-state index is 0.532. The van der Waals surface area contributed by atoms with Gasteiger partial charge >= 0.3 is 6.18 Å². The summed E-state index contributed by atoms with van der Waals surface area (Å²) < 4.78 is 50.4. The van der Waals surface area contributed by atoms with Crippen molar-refractivity contribution in [3.05, 3.63) is 0 Å². The van der Waals surface area contributed by atoms with E-state index in [0.717, 1.165) is 0 Å². The lowest BCUT2D eigenvalue weighted by atomic mass is 9.48. The molecule has 3 nitrogen and oxygen atoms in total. The third-order valence-corrected chi connectivity index (χ3v) is 4.88. The van der Waals surface area contributed by atoms with Crippen molar-refractivity contribution < 1.29 is 27.4 Å². The summed E-state index contributed by atoms with van der Waals surface area (Å²) in [7, 11) is 1.22. The van der Waals surface area contributed by atoms with Crippen LogP contribution in [0.3, 0.4) is 0 Å². The van der Waals surface area contributed by atoms with E-state index in [1.807, 2.05) is 0 Å². The van der Waals surface area contributed by atoms with Gasteiger partial charge in [-0.1, -0.05) is 6.92 Å². The zero-order valence-corrected chi connectivity index (χ0v) is 10.7. The zero-order chi connectivity index (χ0) is 13.9. The predicted molar refractivity (Wildman–Crippen MR) is 57.0 cm³/mol. The molecule has 18 heavy (non-hydrogen) atoms. The number of fused-ring (bicyclic) bond motifs is 1. The lowest BCUT2D eigenvalue weighted by molar-refractivity contribution is -0.359. The highest BCUT2D eigenvalue weighted by Crippen LogP contribution is 2.68. The van der Waals surface area contributed by atoms with Crippen LogP contribution in [0.1, 0.15) is 20.8 Å². The fourth-order valence-corrected chi connectivity index (χ4v) is 4.01. The number of aldehydes is 1. The van der Waals surface area contributed by atoms with Gasteiger partial charge in [0, 0.05) is 13.0 Å². The number of hydrogen-bond acceptors (Lipinski definition) is 3. The highest BCUT2D eigenvalue weighted by molar-refractivity contribution is 5.60. The second kappa shape index (κ2) is 3.70. The second-order valence-electron chi connectivity index (χ2n) is 5.40. The number of rotatable bonds is 2. The number of hydrogen-bond donors (Lipinski definition) is 0. The molecule has 0 radical (unpaired) electrons. The molecule has 1 aliphatic heterocycles. The first-order chi connectivity index (χ1) is 8.16. The highest BCUT2D eigenvalue weighted by Gasteiger charge is 2.83. The Hall–Kier alpha value is -0.620. The molecule has 6 atom stereocenters. The molecule has 104 valence electrons. The number of halogens is 3. The van der Waals surface area contributed by atoms with E-state index in [9.17, 15) is 18.0 Å². The molecule has 0 amide bonds. The van der Waals surface area contributed by atoms with Crippen LogP contribution in [0.4, 0.5) is 13.2 Å². The SMILES string of the molecule is COC12C(C=O)C(C)OC1(C)C(C)C2C(F)(F)F. The van der Waals surface area contributed by atoms with E-state index in [4.69, 9.17) is 9.47 Å². The predicted octanol–water partition coefficient (Wildman–Crippen LogP) is 2.19. The topological polar surface area (TPSA) is 35.5 Å². The molecule has 1 saturated carbocycles. The lowest BCUT2D eigenvalue weighted by Gasteiger charge is -2.62. The Balaban J connectivity index is 2.52. The quantitative estimate of drug-likeness (QED) is 0.719. The summed E-state index contributed by atoms with van der Waals surface area (Å²) >= 11 is 0. The molecule has 1 heterocycles. The summed E-state index contributed by atoms with van der Waals surface area (Å²) in [5, 5.41) is 0. The van der Waals surface area contributed by atoms with Gasteiger partial charge in [-0.3, -0.25) is 0 Å². The molecule has 0 aromatic heterocycles. The molecular weight excluding hydrogens is 249 g/mol. The van der Waals surface area contributed by atoms with Crippen LogP contribution >= 0.6 is 0 Å². The first-order valence-corrected chi connectivity index (χ1v) is 5.91. The summed E-state index contributed by atoms with van der Waals surface area (Å²) in [5.74, 6) is -3.29. The minimum atomic E-state index is -4.40. The van der Waals surface area contributed by atoms with E-state index in [2.05, 4.69) is 0 Å². The Morgan fingerprint density at radius 2 is 1.89 bits per heavy atom. The minimum Gasteiger partial charge on any atom is -0.374 e. The first kappa shape index (κ1) is 13.8. The molecule has 1 aliphatic carbocycles. The molecule has 2 rings (SSSR count). The lowest BCUT2D eigenvalue weighted by Crippen LogP contribution is -2.77. The van der Waals surface area contributed by atoms with E-state index in [0.29, 0.717) is 6.29 Å². The molecule has 0 aromatic carbocycles. The molecule has 1 saturated heterocycles. The summed E-state index contributed by atoms with van der Waals surface area (Å²) in [6.07, 6.45) is -4.43. The van der Waals surface area contributed by atoms with Gasteiger partial charge in [-0.2, -0.15) is 13.2 Å². The fourth-order valence-electron chi connectivity index (χ4n) is 4.01. The Labute approximate surface area is 104 Å². The van der Waals surface area contributed by atoms with Crippen molar-refractivity contribution in [2.75, 3.05) is 7.11 Å². The summed E-state index contributed by atoms with van der Waals surface area (Å²) in [6, 6.07) is 0. The van der Waals surface area contributed by atoms with Gasteiger partial charge in [0.25, 0.3) is 0 Å². The van der Waals surface area contributed by atoms with Crippen molar-refractivity contribution in [2.45, 2.75) is 44.3 Å². The smallest absolute Gasteiger partial charge is 0.374 e. The maximum absolute atomic E-state index is 13.2. The molecule has 0 spiro atoms. The van der Waals surface area contributed by atoms with Gasteiger partial charge in [0.1, 0.15) is 11.9 Å². The maximum Gasteiger partial charge on any atom is 0.395 e. The first-order valence-electron chi connectivity index (χ1n) is 5.91. The summed E-state index contributed by atoms with van der Waals surface area (Å²) in [4.78, 5) is 11.2. The molecule has 0 aromatic rings. The summed E-state index contributed by atoms with van der Waals surface area (Å²) in [6.45, 7) is 4.71. The Morgan fingerprint density at radius 1 is 1.33 bits per heavy atom. The average Bonchev–Trinajstić information content (AvgIpc) is 2.43. The van der Waals surface area contributed by atoms with Crippen LogP contribution in [0.2, 0.25) is 0 Å². The summed E-state index contributed by atoms with van der Waals surface area (Å²) in [5.41, 5.74) is -2.65. The zero-order valence-electron chi connectivity index (χ0n) is 10.7. The number of methoxy groups -OCH3 is 1. The van der Waals surface area contributed by atoms with E-state index < -0.39 is 41.2 Å². The number of carbonyl (C=O) groups excluding carboxylic acids is 1. The van der Waals surface area contributed by atoms with Crippen molar-refractivity contribution >= 4 is 6.29 Å². The van der Waals surface area contributed by atoms with Gasteiger partial charge in [0.2, 0.25) is 0 Å². The van der Waals surface area contributed by atoms with E-state index in [1.165, 1.54) is 14.0 Å². The third-order valence-electron chi connectivity index (χ3n) is 4.88.